The number of aliphatic hydroxyl groups is 1. The van der Waals surface area contributed by atoms with E-state index in [9.17, 15) is 14.7 Å². The Hall–Kier alpha value is -2.71. The highest BCUT2D eigenvalue weighted by Gasteiger charge is 2.35. The molecule has 8 nitrogen and oxygen atoms in total. The van der Waals surface area contributed by atoms with Gasteiger partial charge in [0.05, 0.1) is 18.5 Å². The minimum atomic E-state index is -1.03. The molecule has 3 atom stereocenters. The fourth-order valence-corrected chi connectivity index (χ4v) is 5.09. The lowest BCUT2D eigenvalue weighted by Crippen LogP contribution is -2.49. The molecule has 8 heteroatoms. The number of carbonyl (C=O) groups excluding carboxylic acids is 1. The number of nitrogens with zero attached hydrogens (tertiary/aromatic N) is 3. The van der Waals surface area contributed by atoms with Gasteiger partial charge in [-0.05, 0) is 37.2 Å². The number of piperidine rings is 1. The molecule has 1 unspecified atom stereocenters. The number of nitrogens with two attached hydrogens (primary N) is 1. The highest BCUT2D eigenvalue weighted by molar-refractivity contribution is 5.77. The van der Waals surface area contributed by atoms with Gasteiger partial charge < -0.3 is 21.1 Å². The van der Waals surface area contributed by atoms with Crippen LogP contribution in [0.5, 0.6) is 0 Å². The van der Waals surface area contributed by atoms with Gasteiger partial charge >= 0.3 is 0 Å². The summed E-state index contributed by atoms with van der Waals surface area (Å²) >= 11 is 0. The molecule has 4 rings (SSSR count). The lowest BCUT2D eigenvalue weighted by Gasteiger charge is -2.38. The zero-order valence-corrected chi connectivity index (χ0v) is 20.0. The van der Waals surface area contributed by atoms with Gasteiger partial charge in [0.2, 0.25) is 5.91 Å². The maximum Gasteiger partial charge on any atom is 0.255 e. The quantitative estimate of drug-likeness (QED) is 0.577. The van der Waals surface area contributed by atoms with Gasteiger partial charge in [-0.15, -0.1) is 0 Å². The van der Waals surface area contributed by atoms with E-state index < -0.39 is 5.60 Å². The fraction of sp³-hybridized carbons (Fsp3) is 0.577. The number of hydrogen-bond acceptors (Lipinski definition) is 6. The fourth-order valence-electron chi connectivity index (χ4n) is 5.09. The smallest absolute Gasteiger partial charge is 0.255 e. The second kappa shape index (κ2) is 10.7. The highest BCUT2D eigenvalue weighted by atomic mass is 16.3. The molecule has 0 bridgehead atoms. The van der Waals surface area contributed by atoms with Crippen LogP contribution in [-0.2, 0) is 11.3 Å². The second-order valence-electron chi connectivity index (χ2n) is 10.1. The molecule has 1 aromatic heterocycles. The molecule has 2 fully saturated rings. The molecule has 1 amide bonds. The average molecular weight is 468 g/mol. The van der Waals surface area contributed by atoms with E-state index in [4.69, 9.17) is 5.73 Å². The van der Waals surface area contributed by atoms with E-state index in [-0.39, 0.29) is 36.0 Å². The number of benzene rings is 1. The third-order valence-electron chi connectivity index (χ3n) is 7.39. The highest BCUT2D eigenvalue weighted by Crippen LogP contribution is 2.26. The van der Waals surface area contributed by atoms with Gasteiger partial charge in [0.25, 0.3) is 5.56 Å². The topological polar surface area (TPSA) is 113 Å². The van der Waals surface area contributed by atoms with E-state index in [1.807, 2.05) is 35.2 Å². The number of carbonyl (C=O) groups is 1. The van der Waals surface area contributed by atoms with Crippen LogP contribution < -0.4 is 16.6 Å². The van der Waals surface area contributed by atoms with E-state index in [1.165, 1.54) is 17.0 Å². The van der Waals surface area contributed by atoms with Gasteiger partial charge in [-0.1, -0.05) is 50.1 Å². The first-order valence-electron chi connectivity index (χ1n) is 12.5. The van der Waals surface area contributed by atoms with Crippen molar-refractivity contribution in [1.82, 2.24) is 14.5 Å². The van der Waals surface area contributed by atoms with Gasteiger partial charge in [-0.25, -0.2) is 4.98 Å². The molecule has 1 aliphatic heterocycles. The number of rotatable bonds is 7. The number of anilines is 1. The molecule has 0 radical (unpaired) electrons. The Morgan fingerprint density at radius 3 is 2.62 bits per heavy atom. The standard InChI is InChI=1S/C26H37N5O3/c1-19(20-7-3-2-4-8-20)15-24(32)30-13-11-26(34,12-14-30)17-31-18-28-23(16-25(31)33)29-22-10-6-5-9-21(22)27/h2-4,7-8,16,18-19,21-22,29,34H,5-6,9-15,17,27H2,1H3/t19-,21-,22?/m1/s1. The summed E-state index contributed by atoms with van der Waals surface area (Å²) in [5, 5.41) is 14.4. The summed E-state index contributed by atoms with van der Waals surface area (Å²) in [5.74, 6) is 0.784. The van der Waals surface area contributed by atoms with Crippen molar-refractivity contribution in [3.8, 4) is 0 Å². The summed E-state index contributed by atoms with van der Waals surface area (Å²) in [6, 6.07) is 11.7. The molecule has 4 N–H and O–H groups in total. The first-order chi connectivity index (χ1) is 16.3. The largest absolute Gasteiger partial charge is 0.388 e. The molecule has 2 heterocycles. The van der Waals surface area contributed by atoms with Crippen LogP contribution in [0, 0.1) is 0 Å². The summed E-state index contributed by atoms with van der Waals surface area (Å²) in [4.78, 5) is 31.7. The normalized spacial score (nSPS) is 23.3. The van der Waals surface area contributed by atoms with E-state index in [1.54, 1.807) is 0 Å². The van der Waals surface area contributed by atoms with Crippen molar-refractivity contribution in [3.05, 3.63) is 58.6 Å². The molecule has 1 aliphatic carbocycles. The van der Waals surface area contributed by atoms with Crippen molar-refractivity contribution >= 4 is 11.7 Å². The summed E-state index contributed by atoms with van der Waals surface area (Å²) in [6.45, 7) is 3.20. The van der Waals surface area contributed by atoms with Crippen LogP contribution in [0.3, 0.4) is 0 Å². The molecule has 1 saturated carbocycles. The van der Waals surface area contributed by atoms with Crippen molar-refractivity contribution in [1.29, 1.82) is 0 Å². The molecule has 184 valence electrons. The maximum atomic E-state index is 12.8. The molecular formula is C26H37N5O3. The first kappa shape index (κ1) is 24.4. The summed E-state index contributed by atoms with van der Waals surface area (Å²) < 4.78 is 1.46. The Kier molecular flexibility index (Phi) is 7.68. The van der Waals surface area contributed by atoms with Crippen molar-refractivity contribution in [2.45, 2.75) is 82.0 Å². The number of nitrogens with one attached hydrogen (secondary N) is 1. The van der Waals surface area contributed by atoms with Gasteiger partial charge in [-0.2, -0.15) is 0 Å². The molecule has 34 heavy (non-hydrogen) atoms. The number of hydrogen-bond donors (Lipinski definition) is 3. The zero-order valence-electron chi connectivity index (χ0n) is 20.0. The molecule has 0 spiro atoms. The third kappa shape index (κ3) is 6.04. The number of amides is 1. The van der Waals surface area contributed by atoms with Crippen LogP contribution in [0.15, 0.2) is 47.5 Å². The van der Waals surface area contributed by atoms with Crippen molar-refractivity contribution < 1.29 is 9.90 Å². The maximum absolute atomic E-state index is 12.8. The van der Waals surface area contributed by atoms with Gasteiger partial charge in [-0.3, -0.25) is 14.2 Å². The van der Waals surface area contributed by atoms with E-state index in [2.05, 4.69) is 17.2 Å². The molecule has 2 aromatic rings. The van der Waals surface area contributed by atoms with E-state index in [0.717, 1.165) is 31.2 Å². The molecular weight excluding hydrogens is 430 g/mol. The Labute approximate surface area is 201 Å². The van der Waals surface area contributed by atoms with E-state index in [0.29, 0.717) is 38.2 Å². The predicted octanol–water partition coefficient (Wildman–Crippen LogP) is 2.47. The van der Waals surface area contributed by atoms with Crippen molar-refractivity contribution in [3.63, 3.8) is 0 Å². The Balaban J connectivity index is 1.30. The first-order valence-corrected chi connectivity index (χ1v) is 12.5. The van der Waals surface area contributed by atoms with Crippen LogP contribution in [0.1, 0.15) is 63.4 Å². The van der Waals surface area contributed by atoms with Gasteiger partial charge in [0.15, 0.2) is 0 Å². The van der Waals surface area contributed by atoms with Crippen LogP contribution in [0.2, 0.25) is 0 Å². The monoisotopic (exact) mass is 467 g/mol. The number of aromatic nitrogens is 2. The molecule has 1 aromatic carbocycles. The SMILES string of the molecule is C[C@H](CC(=O)N1CCC(O)(Cn2cnc(NC3CCCC[C@H]3N)cc2=O)CC1)c1ccccc1. The lowest BCUT2D eigenvalue weighted by molar-refractivity contribution is -0.136. The van der Waals surface area contributed by atoms with Crippen molar-refractivity contribution in [2.24, 2.45) is 5.73 Å². The Bertz CT molecular complexity index is 1020. The third-order valence-corrected chi connectivity index (χ3v) is 7.39. The summed E-state index contributed by atoms with van der Waals surface area (Å²) in [5.41, 5.74) is 6.11. The molecule has 2 aliphatic rings. The van der Waals surface area contributed by atoms with Crippen LogP contribution in [0.25, 0.3) is 0 Å². The van der Waals surface area contributed by atoms with Gasteiger partial charge in [0, 0.05) is 37.7 Å². The van der Waals surface area contributed by atoms with Gasteiger partial charge in [0.1, 0.15) is 5.82 Å². The predicted molar refractivity (Wildman–Crippen MR) is 133 cm³/mol. The Morgan fingerprint density at radius 1 is 1.24 bits per heavy atom. The van der Waals surface area contributed by atoms with E-state index >= 15 is 0 Å². The Morgan fingerprint density at radius 2 is 1.94 bits per heavy atom. The van der Waals surface area contributed by atoms with Crippen LogP contribution >= 0.6 is 0 Å². The average Bonchev–Trinajstić information content (AvgIpc) is 2.83. The lowest BCUT2D eigenvalue weighted by atomic mass is 9.90. The summed E-state index contributed by atoms with van der Waals surface area (Å²) in [6.07, 6.45) is 7.03. The van der Waals surface area contributed by atoms with Crippen molar-refractivity contribution in [2.75, 3.05) is 18.4 Å². The minimum Gasteiger partial charge on any atom is -0.388 e. The summed E-state index contributed by atoms with van der Waals surface area (Å²) in [7, 11) is 0. The van der Waals surface area contributed by atoms with Crippen LogP contribution in [-0.4, -0.2) is 56.2 Å². The minimum absolute atomic E-state index is 0.0715. The zero-order chi connectivity index (χ0) is 24.1. The number of likely N-dealkylation sites (tertiary alicyclic amines) is 1. The van der Waals surface area contributed by atoms with Crippen LogP contribution in [0.4, 0.5) is 5.82 Å². The second-order valence-corrected chi connectivity index (χ2v) is 10.1. The molecule has 1 saturated heterocycles.